The number of carbonyl (C=O) groups excluding carboxylic acids is 1. The Bertz CT molecular complexity index is 1690. The van der Waals surface area contributed by atoms with Crippen molar-refractivity contribution in [3.63, 3.8) is 0 Å². The molecule has 1 aliphatic rings. The number of hydrogen-bond acceptors (Lipinski definition) is 8. The molecule has 2 amide bonds. The number of aliphatic hydroxyl groups is 1. The zero-order chi connectivity index (χ0) is 31.4. The molecule has 0 spiro atoms. The van der Waals surface area contributed by atoms with Gasteiger partial charge in [0, 0.05) is 17.6 Å². The van der Waals surface area contributed by atoms with Crippen molar-refractivity contribution in [2.75, 3.05) is 16.0 Å². The van der Waals surface area contributed by atoms with Crippen molar-refractivity contribution >= 4 is 46.6 Å². The smallest absolute Gasteiger partial charge is 0.404 e. The first-order chi connectivity index (χ1) is 20.9. The van der Waals surface area contributed by atoms with Crippen molar-refractivity contribution in [1.82, 2.24) is 24.7 Å². The van der Waals surface area contributed by atoms with E-state index < -0.39 is 24.4 Å². The third-order valence-electron chi connectivity index (χ3n) is 6.28. The zero-order valence-corrected chi connectivity index (χ0v) is 24.5. The zero-order valence-electron chi connectivity index (χ0n) is 23.7. The molecule has 0 saturated carbocycles. The molecule has 228 valence electrons. The number of aryl methyl sites for hydroxylation is 1. The number of alkyl halides is 3. The molecule has 44 heavy (non-hydrogen) atoms. The van der Waals surface area contributed by atoms with E-state index in [1.807, 2.05) is 25.1 Å². The predicted octanol–water partition coefficient (Wildman–Crippen LogP) is 6.02. The molecule has 0 aliphatic carbocycles. The highest BCUT2D eigenvalue weighted by Gasteiger charge is 2.33. The number of ether oxygens (including phenoxy) is 1. The molecule has 1 aliphatic heterocycles. The van der Waals surface area contributed by atoms with Crippen LogP contribution in [0.15, 0.2) is 66.2 Å². The lowest BCUT2D eigenvalue weighted by molar-refractivity contribution is -0.274. The van der Waals surface area contributed by atoms with E-state index in [1.54, 1.807) is 35.4 Å². The second-order valence-corrected chi connectivity index (χ2v) is 10.9. The number of amides is 2. The fourth-order valence-corrected chi connectivity index (χ4v) is 5.21. The maximum absolute atomic E-state index is 12.8. The first-order valence-corrected chi connectivity index (χ1v) is 14.3. The molecule has 0 bridgehead atoms. The van der Waals surface area contributed by atoms with Crippen LogP contribution in [-0.2, 0) is 0 Å². The van der Waals surface area contributed by atoms with Gasteiger partial charge in [0.15, 0.2) is 16.8 Å². The first-order valence-electron chi connectivity index (χ1n) is 13.3. The Morgan fingerprint density at radius 2 is 1.95 bits per heavy atom. The number of nitrogens with one attached hydrogen (secondary N) is 1. The Kier molecular flexibility index (Phi) is 8.96. The van der Waals surface area contributed by atoms with E-state index in [2.05, 4.69) is 48.9 Å². The third kappa shape index (κ3) is 7.60. The number of urea groups is 1. The van der Waals surface area contributed by atoms with Crippen LogP contribution in [0.25, 0.3) is 18.0 Å². The van der Waals surface area contributed by atoms with E-state index in [9.17, 15) is 23.1 Å². The topological polar surface area (TPSA) is 131 Å². The Morgan fingerprint density at radius 1 is 1.14 bits per heavy atom. The molecule has 11 nitrogen and oxygen atoms in total. The van der Waals surface area contributed by atoms with Gasteiger partial charge in [0.05, 0.1) is 6.20 Å². The van der Waals surface area contributed by atoms with Crippen molar-refractivity contribution in [3.05, 3.63) is 83.7 Å². The number of hydrogen-bond donors (Lipinski definition) is 2. The molecule has 1 fully saturated rings. The predicted molar refractivity (Wildman–Crippen MR) is 162 cm³/mol. The van der Waals surface area contributed by atoms with Gasteiger partial charge in [0.1, 0.15) is 24.1 Å². The Hall–Kier alpha value is -4.76. The van der Waals surface area contributed by atoms with Crippen LogP contribution < -0.4 is 15.0 Å². The van der Waals surface area contributed by atoms with Crippen LogP contribution in [0, 0.1) is 6.92 Å². The first kappa shape index (κ1) is 30.7. The maximum Gasteiger partial charge on any atom is 0.573 e. The van der Waals surface area contributed by atoms with E-state index >= 15 is 0 Å². The van der Waals surface area contributed by atoms with Gasteiger partial charge in [-0.05, 0) is 72.0 Å². The highest BCUT2D eigenvalue weighted by atomic mass is 32.2. The van der Waals surface area contributed by atoms with Crippen molar-refractivity contribution in [2.24, 2.45) is 4.99 Å². The minimum Gasteiger partial charge on any atom is -0.404 e. The Morgan fingerprint density at radius 3 is 2.64 bits per heavy atom. The van der Waals surface area contributed by atoms with Gasteiger partial charge in [-0.1, -0.05) is 37.7 Å². The number of halogens is 3. The normalized spacial score (nSPS) is 16.3. The highest BCUT2D eigenvalue weighted by molar-refractivity contribution is 8.14. The van der Waals surface area contributed by atoms with Crippen LogP contribution in [-0.4, -0.2) is 59.4 Å². The molecule has 1 atom stereocenters. The number of anilines is 2. The molecular formula is C29H27F3N8O3S. The SMILES string of the molecule is Cc1ccc(C(C)C)c(N2/C(=N/C(=O)Nc3ccc(/C=C/c4ncn(-c5ccc(OC(F)(F)F)cn5)n4)cn3)SCC2O)c1. The van der Waals surface area contributed by atoms with Gasteiger partial charge in [0.25, 0.3) is 0 Å². The minimum atomic E-state index is -4.80. The van der Waals surface area contributed by atoms with E-state index in [0.717, 1.165) is 29.1 Å². The number of aromatic nitrogens is 5. The number of aliphatic hydroxyl groups excluding tert-OH is 1. The lowest BCUT2D eigenvalue weighted by atomic mass is 9.98. The van der Waals surface area contributed by atoms with Gasteiger partial charge in [-0.25, -0.2) is 24.4 Å². The number of rotatable bonds is 7. The molecule has 4 aromatic rings. The average Bonchev–Trinajstić information content (AvgIpc) is 3.58. The Labute approximate surface area is 254 Å². The lowest BCUT2D eigenvalue weighted by Gasteiger charge is -2.26. The van der Waals surface area contributed by atoms with Crippen LogP contribution in [0.3, 0.4) is 0 Å². The summed E-state index contributed by atoms with van der Waals surface area (Å²) in [4.78, 5) is 31.0. The summed E-state index contributed by atoms with van der Waals surface area (Å²) < 4.78 is 42.1. The van der Waals surface area contributed by atoms with Gasteiger partial charge in [-0.3, -0.25) is 10.2 Å². The van der Waals surface area contributed by atoms with Gasteiger partial charge in [0.2, 0.25) is 0 Å². The Balaban J connectivity index is 1.22. The third-order valence-corrected chi connectivity index (χ3v) is 7.29. The number of nitrogens with zero attached hydrogens (tertiary/aromatic N) is 7. The number of benzene rings is 1. The van der Waals surface area contributed by atoms with Gasteiger partial charge in [-0.2, -0.15) is 4.99 Å². The maximum atomic E-state index is 12.8. The number of carbonyl (C=O) groups is 1. The summed E-state index contributed by atoms with van der Waals surface area (Å²) in [6.45, 7) is 6.11. The summed E-state index contributed by atoms with van der Waals surface area (Å²) in [5.74, 6) is 1.01. The summed E-state index contributed by atoms with van der Waals surface area (Å²) in [6, 6.07) is 11.2. The van der Waals surface area contributed by atoms with E-state index in [0.29, 0.717) is 22.3 Å². The molecule has 15 heteroatoms. The van der Waals surface area contributed by atoms with Gasteiger partial charge >= 0.3 is 12.4 Å². The molecular weight excluding hydrogens is 597 g/mol. The summed E-state index contributed by atoms with van der Waals surface area (Å²) in [5.41, 5.74) is 3.59. The summed E-state index contributed by atoms with van der Waals surface area (Å²) in [7, 11) is 0. The second kappa shape index (κ2) is 12.9. The monoisotopic (exact) mass is 624 g/mol. The number of aliphatic imine (C=N–C) groups is 1. The largest absolute Gasteiger partial charge is 0.573 e. The van der Waals surface area contributed by atoms with Gasteiger partial charge < -0.3 is 9.84 Å². The summed E-state index contributed by atoms with van der Waals surface area (Å²) >= 11 is 1.30. The van der Waals surface area contributed by atoms with Crippen LogP contribution in [0.1, 0.15) is 42.3 Å². The summed E-state index contributed by atoms with van der Waals surface area (Å²) in [6.07, 6.45) is 1.56. The molecule has 3 aromatic heterocycles. The average molecular weight is 625 g/mol. The van der Waals surface area contributed by atoms with E-state index in [1.165, 1.54) is 28.8 Å². The second-order valence-electron chi connectivity index (χ2n) is 9.96. The quantitative estimate of drug-likeness (QED) is 0.254. The number of pyridine rings is 2. The summed E-state index contributed by atoms with van der Waals surface area (Å²) in [5, 5.41) is 18.0. The number of thioether (sulfide) groups is 1. The fourth-order valence-electron chi connectivity index (χ4n) is 4.26. The molecule has 1 aromatic carbocycles. The molecule has 4 heterocycles. The van der Waals surface area contributed by atoms with Crippen molar-refractivity contribution in [1.29, 1.82) is 0 Å². The van der Waals surface area contributed by atoms with Crippen LogP contribution in [0.4, 0.5) is 29.5 Å². The standard InChI is InChI=1S/C29H27F3N8O3S/c1-17(2)21-8-4-18(3)12-22(21)40-26(41)15-44-28(40)37-27(42)36-23-9-5-19(13-33-23)6-10-24-35-16-39(38-24)25-11-7-20(14-34-25)43-29(30,31)32/h4-14,16-17,26,41H,15H2,1-3H3,(H,33,36,42)/b10-6+,37-28-. The molecule has 2 N–H and O–H groups in total. The molecule has 0 radical (unpaired) electrons. The van der Waals surface area contributed by atoms with Crippen molar-refractivity contribution < 1.29 is 27.8 Å². The molecule has 1 unspecified atom stereocenters. The fraction of sp³-hybridized carbons (Fsp3) is 0.241. The molecule has 5 rings (SSSR count). The lowest BCUT2D eigenvalue weighted by Crippen LogP contribution is -2.35. The van der Waals surface area contributed by atoms with Crippen molar-refractivity contribution in [2.45, 2.75) is 39.3 Å². The van der Waals surface area contributed by atoms with E-state index in [-0.39, 0.29) is 17.6 Å². The minimum absolute atomic E-state index is 0.209. The van der Waals surface area contributed by atoms with Crippen molar-refractivity contribution in [3.8, 4) is 11.6 Å². The van der Waals surface area contributed by atoms with Crippen LogP contribution >= 0.6 is 11.8 Å². The number of amidine groups is 1. The highest BCUT2D eigenvalue weighted by Crippen LogP contribution is 2.35. The molecule has 1 saturated heterocycles. The van der Waals surface area contributed by atoms with E-state index in [4.69, 9.17) is 0 Å². The van der Waals surface area contributed by atoms with Crippen LogP contribution in [0.5, 0.6) is 5.75 Å². The van der Waals surface area contributed by atoms with Crippen LogP contribution in [0.2, 0.25) is 0 Å². The van der Waals surface area contributed by atoms with Gasteiger partial charge in [-0.15, -0.1) is 18.3 Å².